The molecule has 1 unspecified atom stereocenters. The molecule has 1 atom stereocenters. The molecule has 0 heterocycles. The van der Waals surface area contributed by atoms with Gasteiger partial charge in [-0.05, 0) is 47.4 Å². The summed E-state index contributed by atoms with van der Waals surface area (Å²) < 4.78 is 5.42. The monoisotopic (exact) mass is 258 g/mol. The van der Waals surface area contributed by atoms with Gasteiger partial charge in [-0.15, -0.1) is 0 Å². The van der Waals surface area contributed by atoms with Gasteiger partial charge in [0.25, 0.3) is 0 Å². The number of hydrogen-bond acceptors (Lipinski definition) is 2. The molecule has 1 fully saturated rings. The second-order valence-corrected chi connectivity index (χ2v) is 5.62. The summed E-state index contributed by atoms with van der Waals surface area (Å²) in [6, 6.07) is 6.40. The molecule has 19 heavy (non-hydrogen) atoms. The maximum atomic E-state index is 11.5. The molecule has 1 aliphatic rings. The number of benzene rings is 1. The SMILES string of the molecule is C=C1CC(c2ccc(OC)c(C(C)C)c2)CCC1=O. The summed E-state index contributed by atoms with van der Waals surface area (Å²) in [5, 5.41) is 0. The molecule has 1 aliphatic carbocycles. The van der Waals surface area contributed by atoms with E-state index in [1.165, 1.54) is 11.1 Å². The fourth-order valence-electron chi connectivity index (χ4n) is 2.74. The van der Waals surface area contributed by atoms with E-state index >= 15 is 0 Å². The average Bonchev–Trinajstić information content (AvgIpc) is 2.41. The van der Waals surface area contributed by atoms with Crippen molar-refractivity contribution in [2.75, 3.05) is 7.11 Å². The van der Waals surface area contributed by atoms with Gasteiger partial charge < -0.3 is 4.74 Å². The summed E-state index contributed by atoms with van der Waals surface area (Å²) in [6.45, 7) is 8.23. The Morgan fingerprint density at radius 2 is 2.11 bits per heavy atom. The maximum Gasteiger partial charge on any atom is 0.158 e. The number of ketones is 1. The van der Waals surface area contributed by atoms with Gasteiger partial charge in [-0.2, -0.15) is 0 Å². The minimum atomic E-state index is 0.230. The number of Topliss-reactive ketones (excluding diaryl/α,β-unsaturated/α-hetero) is 1. The molecular formula is C17H22O2. The fourth-order valence-corrected chi connectivity index (χ4v) is 2.74. The van der Waals surface area contributed by atoms with E-state index in [0.717, 1.165) is 24.2 Å². The molecule has 0 aliphatic heterocycles. The predicted octanol–water partition coefficient (Wildman–Crippen LogP) is 4.21. The Labute approximate surface area is 115 Å². The molecule has 2 rings (SSSR count). The van der Waals surface area contributed by atoms with Gasteiger partial charge in [-0.3, -0.25) is 4.79 Å². The molecule has 1 saturated carbocycles. The van der Waals surface area contributed by atoms with Crippen LogP contribution in [0.15, 0.2) is 30.4 Å². The summed E-state index contributed by atoms with van der Waals surface area (Å²) in [6.07, 6.45) is 2.36. The summed E-state index contributed by atoms with van der Waals surface area (Å²) in [4.78, 5) is 11.5. The van der Waals surface area contributed by atoms with Gasteiger partial charge in [0.2, 0.25) is 0 Å². The van der Waals surface area contributed by atoms with E-state index in [2.05, 4.69) is 32.6 Å². The molecule has 0 saturated heterocycles. The van der Waals surface area contributed by atoms with E-state index in [4.69, 9.17) is 4.74 Å². The van der Waals surface area contributed by atoms with Crippen LogP contribution in [0.5, 0.6) is 5.75 Å². The molecule has 1 aromatic carbocycles. The zero-order chi connectivity index (χ0) is 14.0. The van der Waals surface area contributed by atoms with Crippen LogP contribution < -0.4 is 4.74 Å². The average molecular weight is 258 g/mol. The molecule has 102 valence electrons. The summed E-state index contributed by atoms with van der Waals surface area (Å²) >= 11 is 0. The highest BCUT2D eigenvalue weighted by molar-refractivity contribution is 5.95. The third-order valence-corrected chi connectivity index (χ3v) is 3.95. The number of rotatable bonds is 3. The van der Waals surface area contributed by atoms with Crippen LogP contribution in [0.3, 0.4) is 0 Å². The first kappa shape index (κ1) is 13.9. The van der Waals surface area contributed by atoms with Crippen LogP contribution >= 0.6 is 0 Å². The van der Waals surface area contributed by atoms with Crippen molar-refractivity contribution in [2.24, 2.45) is 0 Å². The van der Waals surface area contributed by atoms with Gasteiger partial charge in [0, 0.05) is 6.42 Å². The van der Waals surface area contributed by atoms with Crippen LogP contribution in [0.1, 0.15) is 56.1 Å². The first-order chi connectivity index (χ1) is 9.02. The van der Waals surface area contributed by atoms with E-state index in [0.29, 0.717) is 18.3 Å². The van der Waals surface area contributed by atoms with Crippen molar-refractivity contribution in [1.29, 1.82) is 0 Å². The van der Waals surface area contributed by atoms with E-state index in [1.807, 2.05) is 6.07 Å². The number of ether oxygens (including phenoxy) is 1. The van der Waals surface area contributed by atoms with Crippen LogP contribution in [0.2, 0.25) is 0 Å². The topological polar surface area (TPSA) is 26.3 Å². The second kappa shape index (κ2) is 5.60. The zero-order valence-corrected chi connectivity index (χ0v) is 12.0. The molecule has 2 heteroatoms. The lowest BCUT2D eigenvalue weighted by molar-refractivity contribution is -0.116. The van der Waals surface area contributed by atoms with E-state index < -0.39 is 0 Å². The van der Waals surface area contributed by atoms with E-state index in [9.17, 15) is 4.79 Å². The molecule has 2 nitrogen and oxygen atoms in total. The van der Waals surface area contributed by atoms with E-state index in [-0.39, 0.29) is 5.78 Å². The molecule has 0 bridgehead atoms. The highest BCUT2D eigenvalue weighted by Crippen LogP contribution is 2.36. The molecule has 0 spiro atoms. The Morgan fingerprint density at radius 1 is 1.37 bits per heavy atom. The van der Waals surface area contributed by atoms with Crippen molar-refractivity contribution in [3.8, 4) is 5.75 Å². The maximum absolute atomic E-state index is 11.5. The lowest BCUT2D eigenvalue weighted by Gasteiger charge is -2.24. The first-order valence-corrected chi connectivity index (χ1v) is 6.91. The Balaban J connectivity index is 2.28. The van der Waals surface area contributed by atoms with Crippen LogP contribution in [-0.2, 0) is 4.79 Å². The van der Waals surface area contributed by atoms with Crippen molar-refractivity contribution in [1.82, 2.24) is 0 Å². The standard InChI is InChI=1S/C17H22O2/c1-11(2)15-10-14(6-8-17(15)19-4)13-5-7-16(18)12(3)9-13/h6,8,10-11,13H,3,5,7,9H2,1-2,4H3. The second-order valence-electron chi connectivity index (χ2n) is 5.62. The normalized spacial score (nSPS) is 19.9. The third kappa shape index (κ3) is 2.89. The highest BCUT2D eigenvalue weighted by atomic mass is 16.5. The minimum absolute atomic E-state index is 0.230. The number of carbonyl (C=O) groups is 1. The molecule has 1 aromatic rings. The third-order valence-electron chi connectivity index (χ3n) is 3.95. The molecule has 0 amide bonds. The Bertz CT molecular complexity index is 500. The number of allylic oxidation sites excluding steroid dienone is 1. The fraction of sp³-hybridized carbons (Fsp3) is 0.471. The van der Waals surface area contributed by atoms with Gasteiger partial charge >= 0.3 is 0 Å². The van der Waals surface area contributed by atoms with Crippen LogP contribution in [0.4, 0.5) is 0 Å². The van der Waals surface area contributed by atoms with Crippen molar-refractivity contribution < 1.29 is 9.53 Å². The van der Waals surface area contributed by atoms with E-state index in [1.54, 1.807) is 7.11 Å². The summed E-state index contributed by atoms with van der Waals surface area (Å²) in [5.41, 5.74) is 3.32. The lowest BCUT2D eigenvalue weighted by atomic mass is 9.80. The highest BCUT2D eigenvalue weighted by Gasteiger charge is 2.24. The number of hydrogen-bond donors (Lipinski definition) is 0. The Hall–Kier alpha value is -1.57. The van der Waals surface area contributed by atoms with Crippen molar-refractivity contribution in [2.45, 2.75) is 44.9 Å². The van der Waals surface area contributed by atoms with Gasteiger partial charge in [-0.1, -0.05) is 32.6 Å². The Kier molecular flexibility index (Phi) is 4.08. The van der Waals surface area contributed by atoms with Gasteiger partial charge in [0.1, 0.15) is 5.75 Å². The summed E-state index contributed by atoms with van der Waals surface area (Å²) in [7, 11) is 1.71. The predicted molar refractivity (Wildman–Crippen MR) is 77.8 cm³/mol. The lowest BCUT2D eigenvalue weighted by Crippen LogP contribution is -2.15. The largest absolute Gasteiger partial charge is 0.496 e. The summed E-state index contributed by atoms with van der Waals surface area (Å²) in [5.74, 6) is 2.04. The van der Waals surface area contributed by atoms with Gasteiger partial charge in [-0.25, -0.2) is 0 Å². The number of carbonyl (C=O) groups excluding carboxylic acids is 1. The molecular weight excluding hydrogens is 236 g/mol. The van der Waals surface area contributed by atoms with Crippen LogP contribution in [0, 0.1) is 0 Å². The molecule has 0 radical (unpaired) electrons. The van der Waals surface area contributed by atoms with Crippen molar-refractivity contribution in [3.63, 3.8) is 0 Å². The Morgan fingerprint density at radius 3 is 2.68 bits per heavy atom. The number of methoxy groups -OCH3 is 1. The van der Waals surface area contributed by atoms with Crippen molar-refractivity contribution >= 4 is 5.78 Å². The first-order valence-electron chi connectivity index (χ1n) is 6.91. The zero-order valence-electron chi connectivity index (χ0n) is 12.0. The quantitative estimate of drug-likeness (QED) is 0.759. The smallest absolute Gasteiger partial charge is 0.158 e. The van der Waals surface area contributed by atoms with Crippen LogP contribution in [0.25, 0.3) is 0 Å². The minimum Gasteiger partial charge on any atom is -0.496 e. The van der Waals surface area contributed by atoms with Crippen LogP contribution in [-0.4, -0.2) is 12.9 Å². The van der Waals surface area contributed by atoms with Gasteiger partial charge in [0.05, 0.1) is 7.11 Å². The van der Waals surface area contributed by atoms with Crippen molar-refractivity contribution in [3.05, 3.63) is 41.5 Å². The van der Waals surface area contributed by atoms with Gasteiger partial charge in [0.15, 0.2) is 5.78 Å². The molecule has 0 aromatic heterocycles. The molecule has 0 N–H and O–H groups in total.